The lowest BCUT2D eigenvalue weighted by Gasteiger charge is -2.35. The number of amides is 1. The van der Waals surface area contributed by atoms with Crippen molar-refractivity contribution in [2.75, 3.05) is 31.1 Å². The second kappa shape index (κ2) is 7.64. The molecule has 0 N–H and O–H groups in total. The van der Waals surface area contributed by atoms with Crippen LogP contribution in [0.25, 0.3) is 11.3 Å². The van der Waals surface area contributed by atoms with Gasteiger partial charge in [0, 0.05) is 43.9 Å². The molecule has 0 spiro atoms. The third kappa shape index (κ3) is 3.73. The van der Waals surface area contributed by atoms with Crippen molar-refractivity contribution in [2.24, 2.45) is 7.05 Å². The summed E-state index contributed by atoms with van der Waals surface area (Å²) in [4.78, 5) is 16.9. The van der Waals surface area contributed by atoms with Gasteiger partial charge in [-0.25, -0.2) is 4.39 Å². The Morgan fingerprint density at radius 3 is 2.43 bits per heavy atom. The van der Waals surface area contributed by atoms with E-state index in [1.807, 2.05) is 29.2 Å². The number of aromatic nitrogens is 2. The number of carbonyl (C=O) groups is 1. The van der Waals surface area contributed by atoms with Crippen LogP contribution >= 0.6 is 11.6 Å². The molecule has 0 unspecified atom stereocenters. The van der Waals surface area contributed by atoms with Gasteiger partial charge in [-0.15, -0.1) is 0 Å². The van der Waals surface area contributed by atoms with Crippen molar-refractivity contribution in [3.05, 3.63) is 71.1 Å². The summed E-state index contributed by atoms with van der Waals surface area (Å²) in [6.45, 7) is 2.72. The molecule has 1 aromatic heterocycles. The summed E-state index contributed by atoms with van der Waals surface area (Å²) in [6, 6.07) is 15.7. The van der Waals surface area contributed by atoms with E-state index >= 15 is 0 Å². The third-order valence-electron chi connectivity index (χ3n) is 4.98. The summed E-state index contributed by atoms with van der Waals surface area (Å²) in [6.07, 6.45) is 0. The Hall–Kier alpha value is -2.86. The van der Waals surface area contributed by atoms with Crippen LogP contribution in [0.2, 0.25) is 5.02 Å². The molecule has 0 aliphatic carbocycles. The predicted octanol–water partition coefficient (Wildman–Crippen LogP) is 3.84. The molecule has 7 heteroatoms. The number of aryl methyl sites for hydroxylation is 1. The summed E-state index contributed by atoms with van der Waals surface area (Å²) >= 11 is 6.08. The molecule has 5 nitrogen and oxygen atoms in total. The molecule has 1 amide bonds. The van der Waals surface area contributed by atoms with E-state index in [2.05, 4.69) is 10.00 Å². The van der Waals surface area contributed by atoms with Crippen LogP contribution in [-0.4, -0.2) is 46.8 Å². The number of carbonyl (C=O) groups excluding carboxylic acids is 1. The average molecular weight is 399 g/mol. The van der Waals surface area contributed by atoms with Crippen LogP contribution in [0.4, 0.5) is 10.1 Å². The molecule has 0 saturated carbocycles. The van der Waals surface area contributed by atoms with Gasteiger partial charge in [0.25, 0.3) is 5.91 Å². The van der Waals surface area contributed by atoms with Crippen LogP contribution in [0.3, 0.4) is 0 Å². The molecule has 1 fully saturated rings. The minimum atomic E-state index is -0.292. The lowest BCUT2D eigenvalue weighted by atomic mass is 10.1. The van der Waals surface area contributed by atoms with E-state index in [0.29, 0.717) is 23.8 Å². The number of anilines is 1. The first-order chi connectivity index (χ1) is 13.5. The molecular formula is C21H20ClFN4O. The van der Waals surface area contributed by atoms with Crippen LogP contribution in [0.1, 0.15) is 10.5 Å². The van der Waals surface area contributed by atoms with Crippen LogP contribution in [0.15, 0.2) is 54.6 Å². The Labute approximate surface area is 167 Å². The molecule has 2 aromatic carbocycles. The van der Waals surface area contributed by atoms with Crippen molar-refractivity contribution in [3.63, 3.8) is 0 Å². The average Bonchev–Trinajstić information content (AvgIpc) is 3.10. The number of hydrogen-bond acceptors (Lipinski definition) is 3. The molecular weight excluding hydrogens is 379 g/mol. The zero-order valence-electron chi connectivity index (χ0n) is 15.5. The zero-order chi connectivity index (χ0) is 19.7. The Morgan fingerprint density at radius 2 is 1.75 bits per heavy atom. The van der Waals surface area contributed by atoms with E-state index in [0.717, 1.165) is 30.0 Å². The summed E-state index contributed by atoms with van der Waals surface area (Å²) < 4.78 is 14.8. The van der Waals surface area contributed by atoms with Gasteiger partial charge in [0.1, 0.15) is 5.82 Å². The van der Waals surface area contributed by atoms with Crippen molar-refractivity contribution in [2.45, 2.75) is 0 Å². The summed E-state index contributed by atoms with van der Waals surface area (Å²) in [5.41, 5.74) is 3.07. The third-order valence-corrected chi connectivity index (χ3v) is 5.21. The molecule has 0 bridgehead atoms. The first-order valence-corrected chi connectivity index (χ1v) is 9.49. The van der Waals surface area contributed by atoms with Gasteiger partial charge in [-0.3, -0.25) is 9.48 Å². The summed E-state index contributed by atoms with van der Waals surface area (Å²) in [5.74, 6) is -0.380. The van der Waals surface area contributed by atoms with E-state index in [9.17, 15) is 9.18 Å². The van der Waals surface area contributed by atoms with Gasteiger partial charge in [-0.1, -0.05) is 17.7 Å². The van der Waals surface area contributed by atoms with Crippen molar-refractivity contribution in [1.29, 1.82) is 0 Å². The smallest absolute Gasteiger partial charge is 0.274 e. The number of benzene rings is 2. The molecule has 0 radical (unpaired) electrons. The van der Waals surface area contributed by atoms with Crippen LogP contribution < -0.4 is 4.90 Å². The molecule has 1 aliphatic heterocycles. The first-order valence-electron chi connectivity index (χ1n) is 9.11. The highest BCUT2D eigenvalue weighted by Gasteiger charge is 2.25. The van der Waals surface area contributed by atoms with Crippen molar-refractivity contribution < 1.29 is 9.18 Å². The topological polar surface area (TPSA) is 41.4 Å². The first kappa shape index (κ1) is 18.5. The molecule has 2 heterocycles. The number of hydrogen-bond donors (Lipinski definition) is 0. The van der Waals surface area contributed by atoms with Crippen LogP contribution in [0, 0.1) is 5.82 Å². The normalized spacial score (nSPS) is 14.4. The predicted molar refractivity (Wildman–Crippen MR) is 108 cm³/mol. The van der Waals surface area contributed by atoms with E-state index in [-0.39, 0.29) is 11.7 Å². The van der Waals surface area contributed by atoms with Crippen LogP contribution in [0.5, 0.6) is 0 Å². The lowest BCUT2D eigenvalue weighted by Crippen LogP contribution is -2.48. The Kier molecular flexibility index (Phi) is 5.05. The minimum Gasteiger partial charge on any atom is -0.368 e. The van der Waals surface area contributed by atoms with Gasteiger partial charge in [-0.2, -0.15) is 5.10 Å². The van der Waals surface area contributed by atoms with E-state index in [4.69, 9.17) is 11.6 Å². The van der Waals surface area contributed by atoms with Gasteiger partial charge in [0.2, 0.25) is 0 Å². The summed E-state index contributed by atoms with van der Waals surface area (Å²) in [5, 5.41) is 5.08. The van der Waals surface area contributed by atoms with Crippen molar-refractivity contribution in [1.82, 2.24) is 14.7 Å². The van der Waals surface area contributed by atoms with Gasteiger partial charge >= 0.3 is 0 Å². The second-order valence-electron chi connectivity index (χ2n) is 6.80. The molecule has 3 aromatic rings. The highest BCUT2D eigenvalue weighted by molar-refractivity contribution is 6.30. The second-order valence-corrected chi connectivity index (χ2v) is 7.24. The van der Waals surface area contributed by atoms with Crippen LogP contribution in [-0.2, 0) is 7.05 Å². The molecule has 144 valence electrons. The van der Waals surface area contributed by atoms with E-state index < -0.39 is 0 Å². The Morgan fingerprint density at radius 1 is 1.04 bits per heavy atom. The lowest BCUT2D eigenvalue weighted by molar-refractivity contribution is 0.0740. The van der Waals surface area contributed by atoms with Crippen molar-refractivity contribution in [3.8, 4) is 11.3 Å². The maximum absolute atomic E-state index is 13.2. The summed E-state index contributed by atoms with van der Waals surface area (Å²) in [7, 11) is 1.78. The zero-order valence-corrected chi connectivity index (χ0v) is 16.2. The van der Waals surface area contributed by atoms with Crippen molar-refractivity contribution >= 4 is 23.2 Å². The van der Waals surface area contributed by atoms with E-state index in [1.54, 1.807) is 29.9 Å². The quantitative estimate of drug-likeness (QED) is 0.673. The fraction of sp³-hybridized carbons (Fsp3) is 0.238. The largest absolute Gasteiger partial charge is 0.368 e. The monoisotopic (exact) mass is 398 g/mol. The van der Waals surface area contributed by atoms with Gasteiger partial charge in [0.15, 0.2) is 5.69 Å². The fourth-order valence-electron chi connectivity index (χ4n) is 3.47. The van der Waals surface area contributed by atoms with E-state index in [1.165, 1.54) is 12.1 Å². The molecule has 4 rings (SSSR count). The molecule has 28 heavy (non-hydrogen) atoms. The highest BCUT2D eigenvalue weighted by atomic mass is 35.5. The Balaban J connectivity index is 1.46. The maximum atomic E-state index is 13.2. The molecule has 1 saturated heterocycles. The molecule has 0 atom stereocenters. The molecule has 1 aliphatic rings. The number of piperazine rings is 1. The number of halogens is 2. The highest BCUT2D eigenvalue weighted by Crippen LogP contribution is 2.23. The van der Waals surface area contributed by atoms with Gasteiger partial charge < -0.3 is 9.80 Å². The standard InChI is InChI=1S/C21H20ClFN4O/c1-25-20(15-5-7-17(23)8-6-15)14-19(24-25)21(28)27-11-9-26(10-12-27)18-4-2-3-16(22)13-18/h2-8,13-14H,9-12H2,1H3. The van der Waals surface area contributed by atoms with Gasteiger partial charge in [-0.05, 0) is 54.1 Å². The minimum absolute atomic E-state index is 0.0882. The number of rotatable bonds is 3. The van der Waals surface area contributed by atoms with Gasteiger partial charge in [0.05, 0.1) is 5.69 Å². The fourth-order valence-corrected chi connectivity index (χ4v) is 3.65. The SMILES string of the molecule is Cn1nc(C(=O)N2CCN(c3cccc(Cl)c3)CC2)cc1-c1ccc(F)cc1. The number of nitrogens with zero attached hydrogens (tertiary/aromatic N) is 4. The Bertz CT molecular complexity index is 994. The maximum Gasteiger partial charge on any atom is 0.274 e.